The second-order valence-corrected chi connectivity index (χ2v) is 6.88. The van der Waals surface area contributed by atoms with E-state index in [0.29, 0.717) is 12.6 Å². The van der Waals surface area contributed by atoms with Gasteiger partial charge in [-0.15, -0.1) is 0 Å². The number of anilines is 1. The number of hydrogen-bond donors (Lipinski definition) is 1. The van der Waals surface area contributed by atoms with Gasteiger partial charge >= 0.3 is 0 Å². The van der Waals surface area contributed by atoms with Gasteiger partial charge in [0, 0.05) is 28.7 Å². The Kier molecular flexibility index (Phi) is 5.08. The van der Waals surface area contributed by atoms with Crippen LogP contribution in [0.25, 0.3) is 0 Å². The lowest BCUT2D eigenvalue weighted by atomic mass is 10.1. The van der Waals surface area contributed by atoms with Gasteiger partial charge in [0.05, 0.1) is 6.54 Å². The summed E-state index contributed by atoms with van der Waals surface area (Å²) in [4.78, 5) is 12.7. The topological polar surface area (TPSA) is 34.0 Å². The smallest absolute Gasteiger partial charge is 0.183 e. The van der Waals surface area contributed by atoms with Crippen molar-refractivity contribution in [2.45, 2.75) is 58.9 Å². The minimum atomic E-state index is 0.179. The molecule has 0 amide bonds. The molecule has 3 nitrogen and oxygen atoms in total. The summed E-state index contributed by atoms with van der Waals surface area (Å²) in [5.74, 6) is 0.179. The van der Waals surface area contributed by atoms with Crippen LogP contribution in [-0.4, -0.2) is 16.9 Å². The van der Waals surface area contributed by atoms with Crippen molar-refractivity contribution in [1.29, 1.82) is 0 Å². The first-order valence-corrected chi connectivity index (χ1v) is 9.15. The Morgan fingerprint density at radius 2 is 1.92 bits per heavy atom. The van der Waals surface area contributed by atoms with Gasteiger partial charge in [-0.3, -0.25) is 4.79 Å². The zero-order chi connectivity index (χ0) is 17.1. The number of aromatic nitrogens is 1. The summed E-state index contributed by atoms with van der Waals surface area (Å²) in [6, 6.07) is 10.9. The van der Waals surface area contributed by atoms with E-state index in [9.17, 15) is 4.79 Å². The number of ketones is 1. The quantitative estimate of drug-likeness (QED) is 0.752. The van der Waals surface area contributed by atoms with Crippen molar-refractivity contribution in [3.8, 4) is 0 Å². The van der Waals surface area contributed by atoms with Gasteiger partial charge in [0.25, 0.3) is 0 Å². The molecule has 0 radical (unpaired) electrons. The van der Waals surface area contributed by atoms with E-state index in [2.05, 4.69) is 42.8 Å². The van der Waals surface area contributed by atoms with E-state index in [1.54, 1.807) is 0 Å². The second kappa shape index (κ2) is 7.25. The van der Waals surface area contributed by atoms with E-state index in [1.807, 2.05) is 18.2 Å². The monoisotopic (exact) mass is 324 g/mol. The molecule has 0 unspecified atom stereocenters. The van der Waals surface area contributed by atoms with Crippen LogP contribution < -0.4 is 5.32 Å². The molecule has 1 aromatic heterocycles. The maximum atomic E-state index is 12.7. The molecular formula is C21H28N2O. The average Bonchev–Trinajstić information content (AvgIpc) is 3.20. The molecule has 0 spiro atoms. The van der Waals surface area contributed by atoms with Crippen molar-refractivity contribution in [2.24, 2.45) is 0 Å². The van der Waals surface area contributed by atoms with Crippen LogP contribution >= 0.6 is 0 Å². The number of carbonyl (C=O) groups is 1. The molecule has 1 aromatic carbocycles. The summed E-state index contributed by atoms with van der Waals surface area (Å²) in [5, 5.41) is 3.33. The van der Waals surface area contributed by atoms with Crippen molar-refractivity contribution in [2.75, 3.05) is 11.9 Å². The minimum absolute atomic E-state index is 0.179. The first-order chi connectivity index (χ1) is 11.6. The number of hydrogen-bond acceptors (Lipinski definition) is 2. The number of para-hydroxylation sites is 1. The van der Waals surface area contributed by atoms with Crippen molar-refractivity contribution in [1.82, 2.24) is 4.57 Å². The Hall–Kier alpha value is -2.03. The van der Waals surface area contributed by atoms with E-state index < -0.39 is 0 Å². The maximum absolute atomic E-state index is 12.7. The van der Waals surface area contributed by atoms with Gasteiger partial charge in [0.2, 0.25) is 0 Å². The molecule has 1 N–H and O–H groups in total. The molecular weight excluding hydrogens is 296 g/mol. The molecule has 3 rings (SSSR count). The van der Waals surface area contributed by atoms with Crippen LogP contribution in [0.3, 0.4) is 0 Å². The van der Waals surface area contributed by atoms with Crippen LogP contribution in [0.2, 0.25) is 0 Å². The Morgan fingerprint density at radius 3 is 2.62 bits per heavy atom. The first-order valence-electron chi connectivity index (χ1n) is 9.15. The third-order valence-corrected chi connectivity index (χ3v) is 5.31. The highest BCUT2D eigenvalue weighted by Gasteiger charge is 2.23. The Labute approximate surface area is 145 Å². The summed E-state index contributed by atoms with van der Waals surface area (Å²) < 4.78 is 2.39. The number of Topliss-reactive ketones (excluding diaryl/α,β-unsaturated/α-hetero) is 1. The normalized spacial score (nSPS) is 15.0. The number of benzene rings is 1. The van der Waals surface area contributed by atoms with Crippen LogP contribution in [0.15, 0.2) is 30.3 Å². The molecule has 3 heteroatoms. The number of carbonyl (C=O) groups excluding carboxylic acids is 1. The number of nitrogens with zero attached hydrogens (tertiary/aromatic N) is 1. The second-order valence-electron chi connectivity index (χ2n) is 6.88. The molecule has 1 heterocycles. The van der Waals surface area contributed by atoms with Gasteiger partial charge in [-0.1, -0.05) is 38.0 Å². The molecule has 1 saturated carbocycles. The van der Waals surface area contributed by atoms with E-state index in [-0.39, 0.29) is 5.78 Å². The van der Waals surface area contributed by atoms with E-state index in [4.69, 9.17) is 0 Å². The number of nitrogens with one attached hydrogen (secondary N) is 1. The third kappa shape index (κ3) is 3.26. The lowest BCUT2D eigenvalue weighted by molar-refractivity contribution is 0.101. The zero-order valence-corrected chi connectivity index (χ0v) is 15.1. The van der Waals surface area contributed by atoms with Crippen LogP contribution in [0.4, 0.5) is 5.69 Å². The Balaban J connectivity index is 1.74. The lowest BCUT2D eigenvalue weighted by Gasteiger charge is -2.17. The predicted octanol–water partition coefficient (Wildman–Crippen LogP) is 5.08. The fourth-order valence-corrected chi connectivity index (χ4v) is 4.06. The van der Waals surface area contributed by atoms with Gasteiger partial charge in [0.1, 0.15) is 0 Å². The highest BCUT2D eigenvalue weighted by atomic mass is 16.1. The van der Waals surface area contributed by atoms with Gasteiger partial charge in [-0.05, 0) is 50.8 Å². The average molecular weight is 324 g/mol. The largest absolute Gasteiger partial charge is 0.377 e. The highest BCUT2D eigenvalue weighted by Crippen LogP contribution is 2.33. The summed E-state index contributed by atoms with van der Waals surface area (Å²) in [6.07, 6.45) is 6.06. The molecule has 1 aliphatic carbocycles. The van der Waals surface area contributed by atoms with E-state index >= 15 is 0 Å². The minimum Gasteiger partial charge on any atom is -0.377 e. The first kappa shape index (κ1) is 16.8. The molecule has 128 valence electrons. The molecule has 1 fully saturated rings. The van der Waals surface area contributed by atoms with Crippen LogP contribution in [-0.2, 0) is 6.42 Å². The molecule has 1 aliphatic rings. The molecule has 24 heavy (non-hydrogen) atoms. The number of rotatable bonds is 6. The standard InChI is InChI=1S/C21H28N2O/c1-4-17-9-5-8-12-20(17)22-14-21(24)19-13-15(2)23(16(19)3)18-10-6-7-11-18/h5,8-9,12-13,18,22H,4,6-7,10-11,14H2,1-3H3. The fourth-order valence-electron chi connectivity index (χ4n) is 4.06. The van der Waals surface area contributed by atoms with Crippen LogP contribution in [0.1, 0.15) is 66.0 Å². The maximum Gasteiger partial charge on any atom is 0.183 e. The van der Waals surface area contributed by atoms with E-state index in [1.165, 1.54) is 36.9 Å². The molecule has 0 aliphatic heterocycles. The van der Waals surface area contributed by atoms with Gasteiger partial charge in [-0.2, -0.15) is 0 Å². The predicted molar refractivity (Wildman–Crippen MR) is 100 cm³/mol. The number of aryl methyl sites for hydroxylation is 2. The third-order valence-electron chi connectivity index (χ3n) is 5.31. The van der Waals surface area contributed by atoms with Gasteiger partial charge in [0.15, 0.2) is 5.78 Å². The summed E-state index contributed by atoms with van der Waals surface area (Å²) in [6.45, 7) is 6.71. The molecule has 0 saturated heterocycles. The molecule has 0 atom stereocenters. The van der Waals surface area contributed by atoms with Crippen LogP contribution in [0, 0.1) is 13.8 Å². The SMILES string of the molecule is CCc1ccccc1NCC(=O)c1cc(C)n(C2CCCC2)c1C. The Morgan fingerprint density at radius 1 is 1.21 bits per heavy atom. The van der Waals surface area contributed by atoms with Crippen molar-refractivity contribution in [3.05, 3.63) is 52.8 Å². The van der Waals surface area contributed by atoms with Gasteiger partial charge in [-0.25, -0.2) is 0 Å². The lowest BCUT2D eigenvalue weighted by Crippen LogP contribution is -2.16. The van der Waals surface area contributed by atoms with Crippen molar-refractivity contribution >= 4 is 11.5 Å². The van der Waals surface area contributed by atoms with E-state index in [0.717, 1.165) is 23.4 Å². The van der Waals surface area contributed by atoms with Gasteiger partial charge < -0.3 is 9.88 Å². The molecule has 0 bridgehead atoms. The van der Waals surface area contributed by atoms with Crippen molar-refractivity contribution < 1.29 is 4.79 Å². The fraction of sp³-hybridized carbons (Fsp3) is 0.476. The summed E-state index contributed by atoms with van der Waals surface area (Å²) in [7, 11) is 0. The highest BCUT2D eigenvalue weighted by molar-refractivity contribution is 6.00. The van der Waals surface area contributed by atoms with Crippen LogP contribution in [0.5, 0.6) is 0 Å². The summed E-state index contributed by atoms with van der Waals surface area (Å²) >= 11 is 0. The molecule has 2 aromatic rings. The Bertz CT molecular complexity index is 723. The zero-order valence-electron chi connectivity index (χ0n) is 15.1. The summed E-state index contributed by atoms with van der Waals surface area (Å²) in [5.41, 5.74) is 5.55. The van der Waals surface area contributed by atoms with Crippen molar-refractivity contribution in [3.63, 3.8) is 0 Å².